The maximum atomic E-state index is 5.84. The molecule has 0 bridgehead atoms. The first-order valence-electron chi connectivity index (χ1n) is 6.52. The van der Waals surface area contributed by atoms with Gasteiger partial charge in [-0.3, -0.25) is 9.80 Å². The lowest BCUT2D eigenvalue weighted by atomic mass is 10.1. The molecule has 0 radical (unpaired) electrons. The summed E-state index contributed by atoms with van der Waals surface area (Å²) < 4.78 is 5.26. The molecule has 2 unspecified atom stereocenters. The quantitative estimate of drug-likeness (QED) is 0.741. The van der Waals surface area contributed by atoms with Gasteiger partial charge in [0, 0.05) is 32.3 Å². The van der Waals surface area contributed by atoms with E-state index in [9.17, 15) is 0 Å². The lowest BCUT2D eigenvalue weighted by Gasteiger charge is -2.31. The molecule has 0 aromatic heterocycles. The third kappa shape index (κ3) is 2.74. The van der Waals surface area contributed by atoms with Crippen LogP contribution in [0.15, 0.2) is 0 Å². The Morgan fingerprint density at radius 1 is 1.31 bits per heavy atom. The Morgan fingerprint density at radius 3 is 2.88 bits per heavy atom. The molecule has 2 saturated heterocycles. The number of hydrogen-bond acceptors (Lipinski definition) is 4. The van der Waals surface area contributed by atoms with Gasteiger partial charge in [-0.1, -0.05) is 0 Å². The summed E-state index contributed by atoms with van der Waals surface area (Å²) in [4.78, 5) is 5.19. The molecule has 16 heavy (non-hydrogen) atoms. The first-order valence-corrected chi connectivity index (χ1v) is 6.52. The predicted octanol–water partition coefficient (Wildman–Crippen LogP) is 0.130. The van der Waals surface area contributed by atoms with Crippen molar-refractivity contribution in [2.75, 3.05) is 46.4 Å². The van der Waals surface area contributed by atoms with E-state index >= 15 is 0 Å². The minimum atomic E-state index is 0.408. The van der Waals surface area contributed by atoms with Crippen molar-refractivity contribution in [3.63, 3.8) is 0 Å². The molecule has 4 nitrogen and oxygen atoms in total. The molecule has 2 rings (SSSR count). The SMILES string of the molecule is COCC(CN)N1CCCN2CCCC2C1. The minimum Gasteiger partial charge on any atom is -0.383 e. The first-order chi connectivity index (χ1) is 7.85. The average molecular weight is 227 g/mol. The highest BCUT2D eigenvalue weighted by atomic mass is 16.5. The highest BCUT2D eigenvalue weighted by Gasteiger charge is 2.30. The third-order valence-corrected chi connectivity index (χ3v) is 3.98. The van der Waals surface area contributed by atoms with Crippen molar-refractivity contribution >= 4 is 0 Å². The standard InChI is InChI=1S/C12H25N3O/c1-16-10-12(8-13)15-7-3-6-14-5-2-4-11(14)9-15/h11-12H,2-10,13H2,1H3. The van der Waals surface area contributed by atoms with Gasteiger partial charge in [-0.25, -0.2) is 0 Å². The Bertz CT molecular complexity index is 212. The van der Waals surface area contributed by atoms with E-state index in [1.54, 1.807) is 7.11 Å². The second kappa shape index (κ2) is 5.96. The fourth-order valence-corrected chi connectivity index (χ4v) is 3.08. The lowest BCUT2D eigenvalue weighted by Crippen LogP contribution is -2.47. The van der Waals surface area contributed by atoms with Gasteiger partial charge in [0.05, 0.1) is 6.61 Å². The number of ether oxygens (including phenoxy) is 1. The molecule has 0 spiro atoms. The van der Waals surface area contributed by atoms with E-state index < -0.39 is 0 Å². The van der Waals surface area contributed by atoms with Crippen LogP contribution in [0, 0.1) is 0 Å². The Labute approximate surface area is 98.7 Å². The van der Waals surface area contributed by atoms with Gasteiger partial charge in [0.2, 0.25) is 0 Å². The van der Waals surface area contributed by atoms with Gasteiger partial charge in [0.25, 0.3) is 0 Å². The fourth-order valence-electron chi connectivity index (χ4n) is 3.08. The summed E-state index contributed by atoms with van der Waals surface area (Å²) in [6.07, 6.45) is 4.01. The molecule has 4 heteroatoms. The van der Waals surface area contributed by atoms with Crippen LogP contribution in [0.5, 0.6) is 0 Å². The second-order valence-corrected chi connectivity index (χ2v) is 5.03. The molecule has 0 aliphatic carbocycles. The van der Waals surface area contributed by atoms with Crippen LogP contribution in [0.1, 0.15) is 19.3 Å². The van der Waals surface area contributed by atoms with E-state index in [0.717, 1.165) is 12.6 Å². The zero-order valence-electron chi connectivity index (χ0n) is 10.4. The summed E-state index contributed by atoms with van der Waals surface area (Å²) in [7, 11) is 1.77. The molecule has 2 heterocycles. The van der Waals surface area contributed by atoms with E-state index in [1.165, 1.54) is 45.4 Å². The summed E-state index contributed by atoms with van der Waals surface area (Å²) in [5.74, 6) is 0. The van der Waals surface area contributed by atoms with Crippen LogP contribution in [-0.2, 0) is 4.74 Å². The van der Waals surface area contributed by atoms with E-state index in [1.807, 2.05) is 0 Å². The molecule has 2 N–H and O–H groups in total. The topological polar surface area (TPSA) is 41.7 Å². The van der Waals surface area contributed by atoms with Gasteiger partial charge in [-0.05, 0) is 38.9 Å². The normalized spacial score (nSPS) is 30.0. The predicted molar refractivity (Wildman–Crippen MR) is 65.5 cm³/mol. The summed E-state index contributed by atoms with van der Waals surface area (Å²) in [6, 6.07) is 1.18. The maximum Gasteiger partial charge on any atom is 0.0630 e. The van der Waals surface area contributed by atoms with Crippen LogP contribution >= 0.6 is 0 Å². The fraction of sp³-hybridized carbons (Fsp3) is 1.00. The highest BCUT2D eigenvalue weighted by molar-refractivity contribution is 4.87. The van der Waals surface area contributed by atoms with Crippen LogP contribution < -0.4 is 5.73 Å². The minimum absolute atomic E-state index is 0.408. The van der Waals surface area contributed by atoms with Crippen LogP contribution in [0.4, 0.5) is 0 Å². The summed E-state index contributed by atoms with van der Waals surface area (Å²) in [6.45, 7) is 6.41. The largest absolute Gasteiger partial charge is 0.383 e. The van der Waals surface area contributed by atoms with Crippen LogP contribution in [0.25, 0.3) is 0 Å². The number of fused-ring (bicyclic) bond motifs is 1. The van der Waals surface area contributed by atoms with Crippen LogP contribution in [0.2, 0.25) is 0 Å². The zero-order valence-corrected chi connectivity index (χ0v) is 10.4. The van der Waals surface area contributed by atoms with Gasteiger partial charge in [-0.15, -0.1) is 0 Å². The maximum absolute atomic E-state index is 5.84. The second-order valence-electron chi connectivity index (χ2n) is 5.03. The number of methoxy groups -OCH3 is 1. The smallest absolute Gasteiger partial charge is 0.0630 e. The van der Waals surface area contributed by atoms with E-state index in [2.05, 4.69) is 9.80 Å². The molecule has 0 aromatic carbocycles. The summed E-state index contributed by atoms with van der Waals surface area (Å²) >= 11 is 0. The first kappa shape index (κ1) is 12.3. The monoisotopic (exact) mass is 227 g/mol. The Morgan fingerprint density at radius 2 is 2.12 bits per heavy atom. The van der Waals surface area contributed by atoms with Gasteiger partial charge < -0.3 is 10.5 Å². The number of hydrogen-bond donors (Lipinski definition) is 1. The van der Waals surface area contributed by atoms with Gasteiger partial charge >= 0.3 is 0 Å². The number of rotatable bonds is 4. The molecule has 94 valence electrons. The Balaban J connectivity index is 1.93. The Kier molecular flexibility index (Phi) is 4.58. The van der Waals surface area contributed by atoms with Crippen molar-refractivity contribution in [3.05, 3.63) is 0 Å². The molecule has 0 aromatic rings. The highest BCUT2D eigenvalue weighted by Crippen LogP contribution is 2.22. The van der Waals surface area contributed by atoms with Crippen molar-refractivity contribution in [3.8, 4) is 0 Å². The van der Waals surface area contributed by atoms with Crippen molar-refractivity contribution < 1.29 is 4.74 Å². The lowest BCUT2D eigenvalue weighted by molar-refractivity contribution is 0.0885. The molecular formula is C12H25N3O. The molecule has 2 aliphatic rings. The van der Waals surface area contributed by atoms with Gasteiger partial charge in [-0.2, -0.15) is 0 Å². The Hall–Kier alpha value is -0.160. The van der Waals surface area contributed by atoms with E-state index in [0.29, 0.717) is 12.6 Å². The summed E-state index contributed by atoms with van der Waals surface area (Å²) in [5, 5.41) is 0. The van der Waals surface area contributed by atoms with Crippen LogP contribution in [-0.4, -0.2) is 68.3 Å². The van der Waals surface area contributed by atoms with Crippen molar-refractivity contribution in [1.29, 1.82) is 0 Å². The zero-order chi connectivity index (χ0) is 11.4. The molecule has 0 saturated carbocycles. The molecule has 2 fully saturated rings. The molecule has 0 amide bonds. The molecular weight excluding hydrogens is 202 g/mol. The van der Waals surface area contributed by atoms with E-state index in [4.69, 9.17) is 10.5 Å². The third-order valence-electron chi connectivity index (χ3n) is 3.98. The summed E-state index contributed by atoms with van der Waals surface area (Å²) in [5.41, 5.74) is 5.84. The average Bonchev–Trinajstić information content (AvgIpc) is 2.64. The van der Waals surface area contributed by atoms with E-state index in [-0.39, 0.29) is 0 Å². The van der Waals surface area contributed by atoms with Crippen molar-refractivity contribution in [2.24, 2.45) is 5.73 Å². The van der Waals surface area contributed by atoms with Gasteiger partial charge in [0.15, 0.2) is 0 Å². The van der Waals surface area contributed by atoms with Gasteiger partial charge in [0.1, 0.15) is 0 Å². The van der Waals surface area contributed by atoms with Crippen LogP contribution in [0.3, 0.4) is 0 Å². The van der Waals surface area contributed by atoms with Crippen molar-refractivity contribution in [2.45, 2.75) is 31.3 Å². The number of nitrogens with two attached hydrogens (primary N) is 1. The molecule has 2 aliphatic heterocycles. The van der Waals surface area contributed by atoms with Crippen molar-refractivity contribution in [1.82, 2.24) is 9.80 Å². The molecule has 2 atom stereocenters. The number of nitrogens with zero attached hydrogens (tertiary/aromatic N) is 2.